The molecule has 0 saturated carbocycles. The number of aromatic nitrogens is 1. The van der Waals surface area contributed by atoms with Crippen LogP contribution in [0.1, 0.15) is 28.7 Å². The zero-order chi connectivity index (χ0) is 17.1. The minimum absolute atomic E-state index is 0.00588. The number of carbonyl (C=O) groups excluding carboxylic acids is 1. The summed E-state index contributed by atoms with van der Waals surface area (Å²) >= 11 is 1.56. The van der Waals surface area contributed by atoms with Gasteiger partial charge in [-0.3, -0.25) is 9.69 Å². The van der Waals surface area contributed by atoms with Crippen LogP contribution in [0.5, 0.6) is 0 Å². The van der Waals surface area contributed by atoms with Crippen LogP contribution in [0.15, 0.2) is 22.1 Å². The molecule has 1 saturated heterocycles. The summed E-state index contributed by atoms with van der Waals surface area (Å²) in [6, 6.07) is 1.96. The molecule has 6 nitrogen and oxygen atoms in total. The molecular formula is C17H23N3O3S. The average Bonchev–Trinajstić information content (AvgIpc) is 3.25. The van der Waals surface area contributed by atoms with Gasteiger partial charge in [0.2, 0.25) is 0 Å². The lowest BCUT2D eigenvalue weighted by molar-refractivity contribution is 0.0472. The zero-order valence-corrected chi connectivity index (χ0v) is 14.9. The number of nitrogens with zero attached hydrogens (tertiary/aromatic N) is 3. The van der Waals surface area contributed by atoms with Gasteiger partial charge in [-0.15, -0.1) is 11.3 Å². The fourth-order valence-electron chi connectivity index (χ4n) is 3.03. The molecule has 1 N–H and O–H groups in total. The van der Waals surface area contributed by atoms with Gasteiger partial charge < -0.3 is 14.4 Å². The van der Waals surface area contributed by atoms with E-state index in [0.717, 1.165) is 30.2 Å². The molecule has 1 amide bonds. The highest BCUT2D eigenvalue weighted by Crippen LogP contribution is 2.24. The number of carbonyl (C=O) groups is 1. The van der Waals surface area contributed by atoms with Crippen molar-refractivity contribution in [3.8, 4) is 11.5 Å². The van der Waals surface area contributed by atoms with E-state index in [2.05, 4.69) is 16.8 Å². The number of thiazole rings is 1. The highest BCUT2D eigenvalue weighted by Gasteiger charge is 2.26. The third kappa shape index (κ3) is 3.53. The molecule has 1 unspecified atom stereocenters. The number of furan rings is 1. The van der Waals surface area contributed by atoms with E-state index in [-0.39, 0.29) is 18.6 Å². The van der Waals surface area contributed by atoms with Crippen LogP contribution in [0.4, 0.5) is 0 Å². The second-order valence-electron chi connectivity index (χ2n) is 6.02. The molecule has 2 aromatic rings. The van der Waals surface area contributed by atoms with E-state index in [1.54, 1.807) is 17.4 Å². The van der Waals surface area contributed by atoms with E-state index in [4.69, 9.17) is 4.42 Å². The predicted octanol–water partition coefficient (Wildman–Crippen LogP) is 2.24. The standard InChI is InChI=1S/C17H23N3O3S/c1-3-14(9-21)19-4-6-20(7-5-19)17(22)13-8-16(23-10-13)15-11-24-12(2)18-15/h8,10-11,14,21H,3-7,9H2,1-2H3. The summed E-state index contributed by atoms with van der Waals surface area (Å²) in [6.07, 6.45) is 2.43. The minimum atomic E-state index is -0.00588. The third-order valence-corrected chi connectivity index (χ3v) is 5.29. The van der Waals surface area contributed by atoms with Gasteiger partial charge in [-0.25, -0.2) is 4.98 Å². The van der Waals surface area contributed by atoms with Crippen LogP contribution in [-0.2, 0) is 0 Å². The summed E-state index contributed by atoms with van der Waals surface area (Å²) in [7, 11) is 0. The van der Waals surface area contributed by atoms with Crippen molar-refractivity contribution in [2.45, 2.75) is 26.3 Å². The van der Waals surface area contributed by atoms with E-state index < -0.39 is 0 Å². The van der Waals surface area contributed by atoms with Crippen molar-refractivity contribution < 1.29 is 14.3 Å². The Morgan fingerprint density at radius 3 is 2.75 bits per heavy atom. The molecule has 3 rings (SSSR count). The summed E-state index contributed by atoms with van der Waals surface area (Å²) in [6.45, 7) is 7.12. The van der Waals surface area contributed by atoms with Gasteiger partial charge in [0.05, 0.1) is 17.2 Å². The van der Waals surface area contributed by atoms with Crippen molar-refractivity contribution >= 4 is 17.2 Å². The summed E-state index contributed by atoms with van der Waals surface area (Å²) in [5.41, 5.74) is 1.34. The minimum Gasteiger partial charge on any atom is -0.462 e. The molecule has 0 aliphatic carbocycles. The van der Waals surface area contributed by atoms with Gasteiger partial charge in [0.25, 0.3) is 5.91 Å². The Bertz CT molecular complexity index is 685. The van der Waals surface area contributed by atoms with Crippen LogP contribution in [0.25, 0.3) is 11.5 Å². The number of aliphatic hydroxyl groups is 1. The molecule has 0 bridgehead atoms. The molecule has 1 aliphatic rings. The van der Waals surface area contributed by atoms with E-state index in [1.807, 2.05) is 17.2 Å². The first-order chi connectivity index (χ1) is 11.6. The van der Waals surface area contributed by atoms with E-state index in [0.29, 0.717) is 24.4 Å². The maximum atomic E-state index is 12.6. The van der Waals surface area contributed by atoms with Crippen molar-refractivity contribution in [2.75, 3.05) is 32.8 Å². The zero-order valence-electron chi connectivity index (χ0n) is 14.1. The molecule has 130 valence electrons. The van der Waals surface area contributed by atoms with Gasteiger partial charge in [0, 0.05) is 37.6 Å². The Kier molecular flexibility index (Phi) is 5.33. The Balaban J connectivity index is 1.63. The van der Waals surface area contributed by atoms with E-state index in [9.17, 15) is 9.90 Å². The highest BCUT2D eigenvalue weighted by atomic mass is 32.1. The summed E-state index contributed by atoms with van der Waals surface area (Å²) in [4.78, 5) is 21.1. The number of aliphatic hydroxyl groups excluding tert-OH is 1. The fraction of sp³-hybridized carbons (Fsp3) is 0.529. The number of amides is 1. The second kappa shape index (κ2) is 7.46. The number of rotatable bonds is 5. The Hall–Kier alpha value is -1.70. The van der Waals surface area contributed by atoms with Gasteiger partial charge in [-0.1, -0.05) is 6.92 Å². The van der Waals surface area contributed by atoms with E-state index >= 15 is 0 Å². The third-order valence-electron chi connectivity index (χ3n) is 4.52. The monoisotopic (exact) mass is 349 g/mol. The normalized spacial score (nSPS) is 17.2. The smallest absolute Gasteiger partial charge is 0.257 e. The quantitative estimate of drug-likeness (QED) is 0.896. The number of aryl methyl sites for hydroxylation is 1. The number of piperazine rings is 1. The molecule has 2 aromatic heterocycles. The summed E-state index contributed by atoms with van der Waals surface area (Å²) in [5, 5.41) is 12.3. The molecule has 0 spiro atoms. The van der Waals surface area contributed by atoms with Crippen LogP contribution in [0, 0.1) is 6.92 Å². The van der Waals surface area contributed by atoms with Crippen molar-refractivity contribution in [3.63, 3.8) is 0 Å². The molecule has 0 radical (unpaired) electrons. The van der Waals surface area contributed by atoms with Crippen molar-refractivity contribution in [3.05, 3.63) is 28.3 Å². The van der Waals surface area contributed by atoms with E-state index in [1.165, 1.54) is 6.26 Å². The Labute approximate surface area is 145 Å². The first-order valence-electron chi connectivity index (χ1n) is 8.27. The molecule has 1 aliphatic heterocycles. The largest absolute Gasteiger partial charge is 0.462 e. The van der Waals surface area contributed by atoms with Crippen LogP contribution in [-0.4, -0.2) is 64.6 Å². The molecule has 1 atom stereocenters. The molecule has 1 fully saturated rings. The first-order valence-corrected chi connectivity index (χ1v) is 9.15. The van der Waals surface area contributed by atoms with Gasteiger partial charge in [-0.05, 0) is 19.4 Å². The molecule has 7 heteroatoms. The maximum Gasteiger partial charge on any atom is 0.257 e. The average molecular weight is 349 g/mol. The van der Waals surface area contributed by atoms with Gasteiger partial charge in [0.15, 0.2) is 5.76 Å². The molecular weight excluding hydrogens is 326 g/mol. The topological polar surface area (TPSA) is 69.8 Å². The van der Waals surface area contributed by atoms with Crippen LogP contribution in [0.2, 0.25) is 0 Å². The second-order valence-corrected chi connectivity index (χ2v) is 7.09. The van der Waals surface area contributed by atoms with Gasteiger partial charge >= 0.3 is 0 Å². The van der Waals surface area contributed by atoms with Crippen LogP contribution in [0.3, 0.4) is 0 Å². The fourth-order valence-corrected chi connectivity index (χ4v) is 3.64. The van der Waals surface area contributed by atoms with Gasteiger partial charge in [-0.2, -0.15) is 0 Å². The molecule has 0 aromatic carbocycles. The van der Waals surface area contributed by atoms with Crippen LogP contribution < -0.4 is 0 Å². The lowest BCUT2D eigenvalue weighted by atomic mass is 10.1. The predicted molar refractivity (Wildman–Crippen MR) is 93.2 cm³/mol. The summed E-state index contributed by atoms with van der Waals surface area (Å²) in [5.74, 6) is 0.626. The molecule has 24 heavy (non-hydrogen) atoms. The lowest BCUT2D eigenvalue weighted by Crippen LogP contribution is -2.52. The SMILES string of the molecule is CCC(CO)N1CCN(C(=O)c2coc(-c3csc(C)n3)c2)CC1. The number of hydrogen-bond donors (Lipinski definition) is 1. The number of hydrogen-bond acceptors (Lipinski definition) is 6. The van der Waals surface area contributed by atoms with Gasteiger partial charge in [0.1, 0.15) is 12.0 Å². The summed E-state index contributed by atoms with van der Waals surface area (Å²) < 4.78 is 5.52. The highest BCUT2D eigenvalue weighted by molar-refractivity contribution is 7.09. The van der Waals surface area contributed by atoms with Crippen molar-refractivity contribution in [1.29, 1.82) is 0 Å². The van der Waals surface area contributed by atoms with Crippen LogP contribution >= 0.6 is 11.3 Å². The first kappa shape index (κ1) is 17.1. The Morgan fingerprint density at radius 2 is 2.17 bits per heavy atom. The van der Waals surface area contributed by atoms with Crippen molar-refractivity contribution in [2.24, 2.45) is 0 Å². The van der Waals surface area contributed by atoms with Crippen molar-refractivity contribution in [1.82, 2.24) is 14.8 Å². The molecule has 3 heterocycles. The Morgan fingerprint density at radius 1 is 1.42 bits per heavy atom. The maximum absolute atomic E-state index is 12.6. The lowest BCUT2D eigenvalue weighted by Gasteiger charge is -2.38.